The molecule has 1 aliphatic carbocycles. The van der Waals surface area contributed by atoms with Crippen molar-refractivity contribution in [3.05, 3.63) is 0 Å². The molecule has 0 saturated heterocycles. The van der Waals surface area contributed by atoms with E-state index in [1.165, 1.54) is 32.1 Å². The maximum Gasteiger partial charge on any atom is 0.220 e. The van der Waals surface area contributed by atoms with Gasteiger partial charge in [-0.15, -0.1) is 0 Å². The van der Waals surface area contributed by atoms with Crippen LogP contribution in [-0.4, -0.2) is 17.8 Å². The number of halogens is 1. The van der Waals surface area contributed by atoms with E-state index >= 15 is 0 Å². The standard InChI is InChI=1S/C12H22BrNO/c13-9-5-4-8-12(15)14-10-11-6-2-1-3-7-11/h11H,1-10H2,(H,14,15). The highest BCUT2D eigenvalue weighted by Crippen LogP contribution is 2.22. The largest absolute Gasteiger partial charge is 0.356 e. The number of rotatable bonds is 6. The topological polar surface area (TPSA) is 29.1 Å². The Kier molecular flexibility index (Phi) is 7.07. The minimum atomic E-state index is 0.238. The summed E-state index contributed by atoms with van der Waals surface area (Å²) in [6.45, 7) is 0.910. The number of carbonyl (C=O) groups is 1. The molecule has 3 heteroatoms. The van der Waals surface area contributed by atoms with Crippen molar-refractivity contribution >= 4 is 21.8 Å². The number of hydrogen-bond donors (Lipinski definition) is 1. The van der Waals surface area contributed by atoms with Gasteiger partial charge in [-0.1, -0.05) is 35.2 Å². The van der Waals surface area contributed by atoms with Gasteiger partial charge in [-0.05, 0) is 31.6 Å². The smallest absolute Gasteiger partial charge is 0.220 e. The van der Waals surface area contributed by atoms with Crippen molar-refractivity contribution in [2.45, 2.75) is 51.4 Å². The zero-order valence-corrected chi connectivity index (χ0v) is 11.0. The van der Waals surface area contributed by atoms with Crippen molar-refractivity contribution in [1.29, 1.82) is 0 Å². The van der Waals surface area contributed by atoms with Gasteiger partial charge in [0.15, 0.2) is 0 Å². The summed E-state index contributed by atoms with van der Waals surface area (Å²) < 4.78 is 0. The summed E-state index contributed by atoms with van der Waals surface area (Å²) in [5.41, 5.74) is 0. The summed E-state index contributed by atoms with van der Waals surface area (Å²) in [6.07, 6.45) is 9.49. The average Bonchev–Trinajstić information content (AvgIpc) is 2.28. The van der Waals surface area contributed by atoms with Gasteiger partial charge in [0, 0.05) is 18.3 Å². The van der Waals surface area contributed by atoms with Crippen molar-refractivity contribution in [1.82, 2.24) is 5.32 Å². The third-order valence-corrected chi connectivity index (χ3v) is 3.66. The zero-order valence-electron chi connectivity index (χ0n) is 9.43. The van der Waals surface area contributed by atoms with Crippen molar-refractivity contribution in [3.63, 3.8) is 0 Å². The SMILES string of the molecule is O=C(CCCCBr)NCC1CCCCC1. The molecule has 1 fully saturated rings. The number of hydrogen-bond acceptors (Lipinski definition) is 1. The fourth-order valence-corrected chi connectivity index (χ4v) is 2.51. The summed E-state index contributed by atoms with van der Waals surface area (Å²) in [5, 5.41) is 4.06. The molecule has 0 heterocycles. The predicted octanol–water partition coefficient (Wildman–Crippen LogP) is 3.25. The van der Waals surface area contributed by atoms with Crippen LogP contribution >= 0.6 is 15.9 Å². The molecule has 1 aliphatic rings. The average molecular weight is 276 g/mol. The van der Waals surface area contributed by atoms with Crippen molar-refractivity contribution < 1.29 is 4.79 Å². The number of nitrogens with one attached hydrogen (secondary N) is 1. The Morgan fingerprint density at radius 1 is 1.20 bits per heavy atom. The van der Waals surface area contributed by atoms with Gasteiger partial charge in [0.1, 0.15) is 0 Å². The number of unbranched alkanes of at least 4 members (excludes halogenated alkanes) is 1. The molecule has 1 amide bonds. The van der Waals surface area contributed by atoms with Crippen LogP contribution in [0.25, 0.3) is 0 Å². The summed E-state index contributed by atoms with van der Waals surface area (Å²) in [4.78, 5) is 11.4. The molecule has 0 aromatic carbocycles. The van der Waals surface area contributed by atoms with E-state index in [1.807, 2.05) is 0 Å². The Balaban J connectivity index is 2.00. The van der Waals surface area contributed by atoms with Crippen LogP contribution in [0.2, 0.25) is 0 Å². The highest BCUT2D eigenvalue weighted by molar-refractivity contribution is 9.09. The molecular weight excluding hydrogens is 254 g/mol. The van der Waals surface area contributed by atoms with Gasteiger partial charge >= 0.3 is 0 Å². The first-order valence-electron chi connectivity index (χ1n) is 6.15. The van der Waals surface area contributed by atoms with Crippen molar-refractivity contribution in [3.8, 4) is 0 Å². The second kappa shape index (κ2) is 8.14. The summed E-state index contributed by atoms with van der Waals surface area (Å²) in [6, 6.07) is 0. The molecule has 2 nitrogen and oxygen atoms in total. The Hall–Kier alpha value is -0.0500. The normalized spacial score (nSPS) is 17.7. The van der Waals surface area contributed by atoms with Crippen LogP contribution in [0.1, 0.15) is 51.4 Å². The van der Waals surface area contributed by atoms with Crippen LogP contribution < -0.4 is 5.32 Å². The van der Waals surface area contributed by atoms with E-state index < -0.39 is 0 Å². The summed E-state index contributed by atoms with van der Waals surface area (Å²) in [5.74, 6) is 0.986. The van der Waals surface area contributed by atoms with Crippen LogP contribution in [0.3, 0.4) is 0 Å². The molecule has 0 aliphatic heterocycles. The number of carbonyl (C=O) groups excluding carboxylic acids is 1. The summed E-state index contributed by atoms with van der Waals surface area (Å²) >= 11 is 3.37. The molecule has 0 unspecified atom stereocenters. The molecule has 1 rings (SSSR count). The fourth-order valence-electron chi connectivity index (χ4n) is 2.12. The Morgan fingerprint density at radius 2 is 1.93 bits per heavy atom. The number of amides is 1. The predicted molar refractivity (Wildman–Crippen MR) is 67.2 cm³/mol. The molecular formula is C12H22BrNO. The molecule has 0 aromatic heterocycles. The van der Waals surface area contributed by atoms with Crippen LogP contribution in [0.15, 0.2) is 0 Å². The monoisotopic (exact) mass is 275 g/mol. The van der Waals surface area contributed by atoms with Crippen LogP contribution in [-0.2, 0) is 4.79 Å². The van der Waals surface area contributed by atoms with Gasteiger partial charge < -0.3 is 5.32 Å². The fraction of sp³-hybridized carbons (Fsp3) is 0.917. The molecule has 0 aromatic rings. The lowest BCUT2D eigenvalue weighted by Crippen LogP contribution is -2.30. The minimum absolute atomic E-state index is 0.238. The van der Waals surface area contributed by atoms with E-state index in [1.54, 1.807) is 0 Å². The quantitative estimate of drug-likeness (QED) is 0.585. The molecule has 0 radical (unpaired) electrons. The van der Waals surface area contributed by atoms with Crippen molar-refractivity contribution in [2.24, 2.45) is 5.92 Å². The third-order valence-electron chi connectivity index (χ3n) is 3.10. The van der Waals surface area contributed by atoms with Crippen molar-refractivity contribution in [2.75, 3.05) is 11.9 Å². The second-order valence-electron chi connectivity index (χ2n) is 4.45. The lowest BCUT2D eigenvalue weighted by molar-refractivity contribution is -0.121. The van der Waals surface area contributed by atoms with Gasteiger partial charge in [0.05, 0.1) is 0 Å². The van der Waals surface area contributed by atoms with E-state index in [-0.39, 0.29) is 5.91 Å². The molecule has 0 atom stereocenters. The zero-order chi connectivity index (χ0) is 10.9. The van der Waals surface area contributed by atoms with E-state index in [9.17, 15) is 4.79 Å². The third kappa shape index (κ3) is 6.18. The first-order chi connectivity index (χ1) is 7.33. The second-order valence-corrected chi connectivity index (χ2v) is 5.25. The van der Waals surface area contributed by atoms with Gasteiger partial charge in [-0.3, -0.25) is 4.79 Å². The van der Waals surface area contributed by atoms with E-state index in [2.05, 4.69) is 21.2 Å². The Morgan fingerprint density at radius 3 is 2.60 bits per heavy atom. The lowest BCUT2D eigenvalue weighted by atomic mass is 9.89. The van der Waals surface area contributed by atoms with Gasteiger partial charge in [-0.2, -0.15) is 0 Å². The first-order valence-corrected chi connectivity index (χ1v) is 7.27. The lowest BCUT2D eigenvalue weighted by Gasteiger charge is -2.21. The van der Waals surface area contributed by atoms with E-state index in [4.69, 9.17) is 0 Å². The number of alkyl halides is 1. The molecule has 0 spiro atoms. The molecule has 88 valence electrons. The maximum atomic E-state index is 11.4. The van der Waals surface area contributed by atoms with Crippen LogP contribution in [0, 0.1) is 5.92 Å². The minimum Gasteiger partial charge on any atom is -0.356 e. The molecule has 0 bridgehead atoms. The van der Waals surface area contributed by atoms with E-state index in [0.29, 0.717) is 6.42 Å². The highest BCUT2D eigenvalue weighted by atomic mass is 79.9. The van der Waals surface area contributed by atoms with Gasteiger partial charge in [0.2, 0.25) is 5.91 Å². The highest BCUT2D eigenvalue weighted by Gasteiger charge is 2.13. The van der Waals surface area contributed by atoms with Crippen LogP contribution in [0.5, 0.6) is 0 Å². The Bertz CT molecular complexity index is 178. The van der Waals surface area contributed by atoms with Crippen LogP contribution in [0.4, 0.5) is 0 Å². The maximum absolute atomic E-state index is 11.4. The molecule has 15 heavy (non-hydrogen) atoms. The van der Waals surface area contributed by atoms with Gasteiger partial charge in [0.25, 0.3) is 0 Å². The first kappa shape index (κ1) is 13.0. The Labute approximate surface area is 101 Å². The van der Waals surface area contributed by atoms with Gasteiger partial charge in [-0.25, -0.2) is 0 Å². The van der Waals surface area contributed by atoms with E-state index in [0.717, 1.165) is 30.6 Å². The summed E-state index contributed by atoms with van der Waals surface area (Å²) in [7, 11) is 0. The molecule has 1 N–H and O–H groups in total. The molecule has 1 saturated carbocycles.